The first-order valence-electron chi connectivity index (χ1n) is 8.78. The molecule has 0 fully saturated rings. The van der Waals surface area contributed by atoms with Crippen LogP contribution in [-0.2, 0) is 30.2 Å². The minimum atomic E-state index is -3.65. The van der Waals surface area contributed by atoms with Crippen LogP contribution in [0.1, 0.15) is 23.1 Å². The molecule has 27 heavy (non-hydrogen) atoms. The SMILES string of the molecule is CCOc1ccc(S(=O)(=O)N(Cc2cccs2)Cc2cccn2C)cc1C. The molecule has 0 spiro atoms. The topological polar surface area (TPSA) is 51.5 Å². The molecule has 0 unspecified atom stereocenters. The van der Waals surface area contributed by atoms with Crippen LogP contribution >= 0.6 is 11.3 Å². The van der Waals surface area contributed by atoms with E-state index in [1.165, 1.54) is 4.31 Å². The lowest BCUT2D eigenvalue weighted by Gasteiger charge is -2.22. The van der Waals surface area contributed by atoms with Crippen LogP contribution in [0.25, 0.3) is 0 Å². The lowest BCUT2D eigenvalue weighted by molar-refractivity contribution is 0.337. The number of hydrogen-bond acceptors (Lipinski definition) is 4. The average Bonchev–Trinajstić information content (AvgIpc) is 3.28. The number of thiophene rings is 1. The van der Waals surface area contributed by atoms with Crippen LogP contribution in [0.3, 0.4) is 0 Å². The number of aryl methyl sites for hydroxylation is 2. The Bertz CT molecular complexity index is 992. The zero-order valence-corrected chi connectivity index (χ0v) is 17.4. The molecule has 0 aliphatic rings. The van der Waals surface area contributed by atoms with E-state index in [9.17, 15) is 8.42 Å². The lowest BCUT2D eigenvalue weighted by Crippen LogP contribution is -2.30. The number of rotatable bonds is 8. The average molecular weight is 405 g/mol. The molecule has 0 aliphatic carbocycles. The maximum absolute atomic E-state index is 13.4. The van der Waals surface area contributed by atoms with E-state index < -0.39 is 10.0 Å². The van der Waals surface area contributed by atoms with Crippen molar-refractivity contribution in [3.8, 4) is 5.75 Å². The van der Waals surface area contributed by atoms with Crippen LogP contribution in [0.4, 0.5) is 0 Å². The summed E-state index contributed by atoms with van der Waals surface area (Å²) in [6.07, 6.45) is 1.92. The molecule has 0 atom stereocenters. The van der Waals surface area contributed by atoms with Gasteiger partial charge in [-0.15, -0.1) is 11.3 Å². The summed E-state index contributed by atoms with van der Waals surface area (Å²) in [4.78, 5) is 1.30. The Morgan fingerprint density at radius 3 is 2.56 bits per heavy atom. The fraction of sp³-hybridized carbons (Fsp3) is 0.300. The largest absolute Gasteiger partial charge is 0.494 e. The smallest absolute Gasteiger partial charge is 0.243 e. The highest BCUT2D eigenvalue weighted by Gasteiger charge is 2.26. The highest BCUT2D eigenvalue weighted by atomic mass is 32.2. The molecule has 2 heterocycles. The van der Waals surface area contributed by atoms with Gasteiger partial charge in [0.05, 0.1) is 18.0 Å². The summed E-state index contributed by atoms with van der Waals surface area (Å²) in [6, 6.07) is 12.8. The van der Waals surface area contributed by atoms with Crippen molar-refractivity contribution in [3.05, 3.63) is 70.2 Å². The minimum absolute atomic E-state index is 0.286. The van der Waals surface area contributed by atoms with E-state index in [0.29, 0.717) is 25.4 Å². The Kier molecular flexibility index (Phi) is 6.04. The maximum atomic E-state index is 13.4. The third kappa shape index (κ3) is 4.43. The second-order valence-corrected chi connectivity index (χ2v) is 9.29. The summed E-state index contributed by atoms with van der Waals surface area (Å²) in [5.41, 5.74) is 1.76. The Balaban J connectivity index is 1.96. The van der Waals surface area contributed by atoms with Gasteiger partial charge in [-0.2, -0.15) is 4.31 Å². The Hall–Kier alpha value is -2.09. The Labute approximate surface area is 164 Å². The fourth-order valence-electron chi connectivity index (χ4n) is 2.89. The van der Waals surface area contributed by atoms with Gasteiger partial charge in [0, 0.05) is 30.4 Å². The van der Waals surface area contributed by atoms with Gasteiger partial charge in [-0.25, -0.2) is 8.42 Å². The zero-order valence-electron chi connectivity index (χ0n) is 15.8. The van der Waals surface area contributed by atoms with E-state index in [1.54, 1.807) is 29.5 Å². The summed E-state index contributed by atoms with van der Waals surface area (Å²) >= 11 is 1.56. The predicted molar refractivity (Wildman–Crippen MR) is 109 cm³/mol. The molecule has 0 N–H and O–H groups in total. The van der Waals surface area contributed by atoms with E-state index in [4.69, 9.17) is 4.74 Å². The van der Waals surface area contributed by atoms with E-state index in [2.05, 4.69) is 0 Å². The van der Waals surface area contributed by atoms with Crippen molar-refractivity contribution in [2.75, 3.05) is 6.61 Å². The van der Waals surface area contributed by atoms with Crippen LogP contribution in [0.15, 0.2) is 58.9 Å². The van der Waals surface area contributed by atoms with Crippen LogP contribution in [0.2, 0.25) is 0 Å². The molecule has 0 amide bonds. The first kappa shape index (κ1) is 19.7. The van der Waals surface area contributed by atoms with Gasteiger partial charge in [0.2, 0.25) is 10.0 Å². The fourth-order valence-corrected chi connectivity index (χ4v) is 5.17. The van der Waals surface area contributed by atoms with Crippen molar-refractivity contribution >= 4 is 21.4 Å². The molecule has 7 heteroatoms. The Morgan fingerprint density at radius 2 is 1.96 bits per heavy atom. The lowest BCUT2D eigenvalue weighted by atomic mass is 10.2. The second-order valence-electron chi connectivity index (χ2n) is 6.32. The summed E-state index contributed by atoms with van der Waals surface area (Å²) in [7, 11) is -1.73. The highest BCUT2D eigenvalue weighted by molar-refractivity contribution is 7.89. The van der Waals surface area contributed by atoms with Crippen molar-refractivity contribution in [1.82, 2.24) is 8.87 Å². The van der Waals surface area contributed by atoms with Gasteiger partial charge >= 0.3 is 0 Å². The van der Waals surface area contributed by atoms with Gasteiger partial charge in [-0.05, 0) is 61.2 Å². The molecular weight excluding hydrogens is 380 g/mol. The van der Waals surface area contributed by atoms with Gasteiger partial charge in [0.25, 0.3) is 0 Å². The number of nitrogens with zero attached hydrogens (tertiary/aromatic N) is 2. The number of ether oxygens (including phenoxy) is 1. The zero-order chi connectivity index (χ0) is 19.4. The van der Waals surface area contributed by atoms with Gasteiger partial charge < -0.3 is 9.30 Å². The molecule has 0 radical (unpaired) electrons. The molecule has 1 aromatic carbocycles. The van der Waals surface area contributed by atoms with E-state index >= 15 is 0 Å². The molecule has 144 valence electrons. The van der Waals surface area contributed by atoms with Crippen LogP contribution < -0.4 is 4.74 Å². The molecule has 0 saturated heterocycles. The first-order valence-corrected chi connectivity index (χ1v) is 11.1. The molecular formula is C20H24N2O3S2. The minimum Gasteiger partial charge on any atom is -0.494 e. The highest BCUT2D eigenvalue weighted by Crippen LogP contribution is 2.27. The number of hydrogen-bond donors (Lipinski definition) is 0. The Morgan fingerprint density at radius 1 is 1.15 bits per heavy atom. The predicted octanol–water partition coefficient (Wildman–Crippen LogP) is 4.18. The summed E-state index contributed by atoms with van der Waals surface area (Å²) in [5.74, 6) is 0.712. The van der Waals surface area contributed by atoms with E-state index in [0.717, 1.165) is 16.1 Å². The van der Waals surface area contributed by atoms with Gasteiger partial charge in [-0.3, -0.25) is 0 Å². The van der Waals surface area contributed by atoms with Crippen molar-refractivity contribution in [2.24, 2.45) is 7.05 Å². The van der Waals surface area contributed by atoms with Crippen molar-refractivity contribution < 1.29 is 13.2 Å². The van der Waals surface area contributed by atoms with Crippen LogP contribution in [-0.4, -0.2) is 23.9 Å². The molecule has 3 rings (SSSR count). The van der Waals surface area contributed by atoms with Crippen molar-refractivity contribution in [2.45, 2.75) is 31.8 Å². The quantitative estimate of drug-likeness (QED) is 0.566. The van der Waals surface area contributed by atoms with Crippen LogP contribution in [0.5, 0.6) is 5.75 Å². The third-order valence-electron chi connectivity index (χ3n) is 4.39. The molecule has 5 nitrogen and oxygen atoms in total. The molecule has 0 bridgehead atoms. The maximum Gasteiger partial charge on any atom is 0.243 e. The van der Waals surface area contributed by atoms with Crippen molar-refractivity contribution in [3.63, 3.8) is 0 Å². The van der Waals surface area contributed by atoms with E-state index in [-0.39, 0.29) is 4.90 Å². The number of sulfonamides is 1. The van der Waals surface area contributed by atoms with Crippen molar-refractivity contribution in [1.29, 1.82) is 0 Å². The molecule has 0 aliphatic heterocycles. The number of aromatic nitrogens is 1. The normalized spacial score (nSPS) is 11.9. The molecule has 2 aromatic heterocycles. The standard InChI is InChI=1S/C20H24N2O3S2/c1-4-25-20-10-9-19(13-16(20)2)27(23,24)22(15-18-8-6-12-26-18)14-17-7-5-11-21(17)3/h5-13H,4,14-15H2,1-3H3. The molecule has 3 aromatic rings. The van der Waals surface area contributed by atoms with Gasteiger partial charge in [0.1, 0.15) is 5.75 Å². The van der Waals surface area contributed by atoms with Gasteiger partial charge in [-0.1, -0.05) is 6.07 Å². The monoisotopic (exact) mass is 404 g/mol. The summed E-state index contributed by atoms with van der Waals surface area (Å²) in [5, 5.41) is 1.96. The summed E-state index contributed by atoms with van der Waals surface area (Å²) in [6.45, 7) is 4.98. The summed E-state index contributed by atoms with van der Waals surface area (Å²) < 4.78 is 35.8. The second kappa shape index (κ2) is 8.29. The number of benzene rings is 1. The first-order chi connectivity index (χ1) is 12.9. The molecule has 0 saturated carbocycles. The van der Waals surface area contributed by atoms with Gasteiger partial charge in [0.15, 0.2) is 0 Å². The van der Waals surface area contributed by atoms with Crippen LogP contribution in [0, 0.1) is 6.92 Å². The van der Waals surface area contributed by atoms with E-state index in [1.807, 2.05) is 61.3 Å². The third-order valence-corrected chi connectivity index (χ3v) is 7.03.